The van der Waals surface area contributed by atoms with E-state index in [-0.39, 0.29) is 17.5 Å². The second kappa shape index (κ2) is 6.60. The maximum atomic E-state index is 12.1. The Kier molecular flexibility index (Phi) is 5.40. The Balaban J connectivity index is 2.71. The van der Waals surface area contributed by atoms with Gasteiger partial charge in [0, 0.05) is 11.2 Å². The largest absolute Gasteiger partial charge is 0.374 e. The number of anilines is 1. The number of amides is 1. The molecule has 0 radical (unpaired) electrons. The molecule has 0 heterocycles. The standard InChI is InChI=1S/C16H26N2O/c1-6-9-13-10-7-8-11-14(13)17-12(2)15(19)18-16(3,4)5/h7-8,10-12,17H,6,9H2,1-5H3,(H,18,19). The second-order valence-corrected chi connectivity index (χ2v) is 6.01. The molecule has 3 nitrogen and oxygen atoms in total. The number of hydrogen-bond donors (Lipinski definition) is 2. The van der Waals surface area contributed by atoms with Gasteiger partial charge in [-0.2, -0.15) is 0 Å². The van der Waals surface area contributed by atoms with Crippen LogP contribution in [0.3, 0.4) is 0 Å². The highest BCUT2D eigenvalue weighted by Gasteiger charge is 2.19. The molecule has 0 fully saturated rings. The van der Waals surface area contributed by atoms with Crippen molar-refractivity contribution in [2.75, 3.05) is 5.32 Å². The predicted octanol–water partition coefficient (Wildman–Crippen LogP) is 3.35. The zero-order valence-electron chi connectivity index (χ0n) is 12.7. The minimum Gasteiger partial charge on any atom is -0.374 e. The van der Waals surface area contributed by atoms with Crippen LogP contribution < -0.4 is 10.6 Å². The molecule has 19 heavy (non-hydrogen) atoms. The van der Waals surface area contributed by atoms with Crippen LogP contribution in [0, 0.1) is 0 Å². The van der Waals surface area contributed by atoms with Gasteiger partial charge in [-0.3, -0.25) is 4.79 Å². The number of rotatable bonds is 5. The third kappa shape index (κ3) is 5.33. The van der Waals surface area contributed by atoms with E-state index in [1.165, 1.54) is 5.56 Å². The van der Waals surface area contributed by atoms with Gasteiger partial charge >= 0.3 is 0 Å². The lowest BCUT2D eigenvalue weighted by Crippen LogP contribution is -2.47. The molecule has 0 saturated heterocycles. The van der Waals surface area contributed by atoms with Crippen molar-refractivity contribution in [3.05, 3.63) is 29.8 Å². The number of benzene rings is 1. The van der Waals surface area contributed by atoms with Crippen molar-refractivity contribution >= 4 is 11.6 Å². The first kappa shape index (κ1) is 15.5. The molecular weight excluding hydrogens is 236 g/mol. The Bertz CT molecular complexity index is 421. The first-order valence-corrected chi connectivity index (χ1v) is 7.00. The van der Waals surface area contributed by atoms with Gasteiger partial charge < -0.3 is 10.6 Å². The Labute approximate surface area is 116 Å². The van der Waals surface area contributed by atoms with E-state index in [1.54, 1.807) is 0 Å². The van der Waals surface area contributed by atoms with Gasteiger partial charge in [-0.1, -0.05) is 31.5 Å². The molecule has 1 rings (SSSR count). The maximum absolute atomic E-state index is 12.1. The van der Waals surface area contributed by atoms with Crippen LogP contribution in [-0.4, -0.2) is 17.5 Å². The molecule has 1 amide bonds. The third-order valence-corrected chi connectivity index (χ3v) is 2.80. The fraction of sp³-hybridized carbons (Fsp3) is 0.562. The van der Waals surface area contributed by atoms with Crippen LogP contribution >= 0.6 is 0 Å². The highest BCUT2D eigenvalue weighted by Crippen LogP contribution is 2.18. The van der Waals surface area contributed by atoms with E-state index in [1.807, 2.05) is 45.9 Å². The van der Waals surface area contributed by atoms with Crippen molar-refractivity contribution in [1.82, 2.24) is 5.32 Å². The Hall–Kier alpha value is -1.51. The molecule has 3 heteroatoms. The molecular formula is C16H26N2O. The summed E-state index contributed by atoms with van der Waals surface area (Å²) in [4.78, 5) is 12.1. The van der Waals surface area contributed by atoms with Gasteiger partial charge in [0.25, 0.3) is 0 Å². The van der Waals surface area contributed by atoms with E-state index >= 15 is 0 Å². The van der Waals surface area contributed by atoms with Crippen molar-refractivity contribution in [3.63, 3.8) is 0 Å². The third-order valence-electron chi connectivity index (χ3n) is 2.80. The van der Waals surface area contributed by atoms with E-state index in [2.05, 4.69) is 23.6 Å². The first-order chi connectivity index (χ1) is 8.83. The zero-order chi connectivity index (χ0) is 14.5. The van der Waals surface area contributed by atoms with E-state index in [0.717, 1.165) is 18.5 Å². The summed E-state index contributed by atoms with van der Waals surface area (Å²) in [5.74, 6) is 0.0267. The van der Waals surface area contributed by atoms with Crippen molar-refractivity contribution in [3.8, 4) is 0 Å². The van der Waals surface area contributed by atoms with Gasteiger partial charge in [-0.15, -0.1) is 0 Å². The number of hydrogen-bond acceptors (Lipinski definition) is 2. The maximum Gasteiger partial charge on any atom is 0.242 e. The smallest absolute Gasteiger partial charge is 0.242 e. The molecule has 0 aliphatic rings. The molecule has 0 aliphatic heterocycles. The molecule has 1 unspecified atom stereocenters. The number of carbonyl (C=O) groups excluding carboxylic acids is 1. The highest BCUT2D eigenvalue weighted by molar-refractivity contribution is 5.85. The van der Waals surface area contributed by atoms with Crippen LogP contribution in [0.4, 0.5) is 5.69 Å². The van der Waals surface area contributed by atoms with Gasteiger partial charge in [0.05, 0.1) is 0 Å². The predicted molar refractivity (Wildman–Crippen MR) is 81.4 cm³/mol. The van der Waals surface area contributed by atoms with E-state index in [9.17, 15) is 4.79 Å². The highest BCUT2D eigenvalue weighted by atomic mass is 16.2. The van der Waals surface area contributed by atoms with Crippen molar-refractivity contribution in [2.45, 2.75) is 59.0 Å². The summed E-state index contributed by atoms with van der Waals surface area (Å²) in [7, 11) is 0. The number of para-hydroxylation sites is 1. The fourth-order valence-corrected chi connectivity index (χ4v) is 1.93. The van der Waals surface area contributed by atoms with Crippen LogP contribution in [0.25, 0.3) is 0 Å². The van der Waals surface area contributed by atoms with Gasteiger partial charge in [-0.05, 0) is 45.7 Å². The molecule has 0 aromatic heterocycles. The lowest BCUT2D eigenvalue weighted by atomic mass is 10.1. The van der Waals surface area contributed by atoms with Crippen molar-refractivity contribution in [1.29, 1.82) is 0 Å². The van der Waals surface area contributed by atoms with Crippen molar-refractivity contribution in [2.24, 2.45) is 0 Å². The Morgan fingerprint density at radius 2 is 1.89 bits per heavy atom. The van der Waals surface area contributed by atoms with Gasteiger partial charge in [0.15, 0.2) is 0 Å². The number of carbonyl (C=O) groups is 1. The van der Waals surface area contributed by atoms with E-state index < -0.39 is 0 Å². The molecule has 106 valence electrons. The summed E-state index contributed by atoms with van der Waals surface area (Å²) in [6.07, 6.45) is 2.12. The van der Waals surface area contributed by atoms with Crippen LogP contribution in [0.15, 0.2) is 24.3 Å². The Morgan fingerprint density at radius 1 is 1.26 bits per heavy atom. The summed E-state index contributed by atoms with van der Waals surface area (Å²) in [6, 6.07) is 7.94. The fourth-order valence-electron chi connectivity index (χ4n) is 1.93. The molecule has 0 bridgehead atoms. The van der Waals surface area contributed by atoms with Gasteiger partial charge in [0.2, 0.25) is 5.91 Å². The average molecular weight is 262 g/mol. The van der Waals surface area contributed by atoms with Crippen LogP contribution in [0.2, 0.25) is 0 Å². The molecule has 0 spiro atoms. The monoisotopic (exact) mass is 262 g/mol. The van der Waals surface area contributed by atoms with E-state index in [4.69, 9.17) is 0 Å². The van der Waals surface area contributed by atoms with Gasteiger partial charge in [-0.25, -0.2) is 0 Å². The first-order valence-electron chi connectivity index (χ1n) is 7.00. The molecule has 2 N–H and O–H groups in total. The summed E-state index contributed by atoms with van der Waals surface area (Å²) >= 11 is 0. The van der Waals surface area contributed by atoms with Crippen LogP contribution in [0.5, 0.6) is 0 Å². The Morgan fingerprint density at radius 3 is 2.47 bits per heavy atom. The number of nitrogens with one attached hydrogen (secondary N) is 2. The molecule has 0 aliphatic carbocycles. The molecule has 1 aromatic rings. The second-order valence-electron chi connectivity index (χ2n) is 6.01. The normalized spacial score (nSPS) is 12.9. The summed E-state index contributed by atoms with van der Waals surface area (Å²) in [6.45, 7) is 10.0. The quantitative estimate of drug-likeness (QED) is 0.854. The van der Waals surface area contributed by atoms with Gasteiger partial charge in [0.1, 0.15) is 6.04 Å². The minimum absolute atomic E-state index is 0.0267. The lowest BCUT2D eigenvalue weighted by molar-refractivity contribution is -0.122. The van der Waals surface area contributed by atoms with E-state index in [0.29, 0.717) is 0 Å². The van der Waals surface area contributed by atoms with Crippen molar-refractivity contribution < 1.29 is 4.79 Å². The van der Waals surface area contributed by atoms with Crippen LogP contribution in [-0.2, 0) is 11.2 Å². The molecule has 1 aromatic carbocycles. The summed E-state index contributed by atoms with van der Waals surface area (Å²) < 4.78 is 0. The minimum atomic E-state index is -0.239. The average Bonchev–Trinajstić information content (AvgIpc) is 2.29. The SMILES string of the molecule is CCCc1ccccc1NC(C)C(=O)NC(C)(C)C. The zero-order valence-corrected chi connectivity index (χ0v) is 12.7. The topological polar surface area (TPSA) is 41.1 Å². The summed E-state index contributed by atoms with van der Waals surface area (Å²) in [5.41, 5.74) is 2.12. The summed E-state index contributed by atoms with van der Waals surface area (Å²) in [5, 5.41) is 6.29. The molecule has 0 saturated carbocycles. The van der Waals surface area contributed by atoms with Crippen LogP contribution in [0.1, 0.15) is 46.6 Å². The number of aryl methyl sites for hydroxylation is 1. The molecule has 1 atom stereocenters. The lowest BCUT2D eigenvalue weighted by Gasteiger charge is -2.24.